The van der Waals surface area contributed by atoms with Crippen LogP contribution in [-0.4, -0.2) is 53.2 Å². The Morgan fingerprint density at radius 3 is 2.27 bits per heavy atom. The quantitative estimate of drug-likeness (QED) is 0.0918. The minimum atomic E-state index is -0.974. The summed E-state index contributed by atoms with van der Waals surface area (Å²) >= 11 is 1.45. The first kappa shape index (κ1) is 35.6. The number of urea groups is 1. The van der Waals surface area contributed by atoms with Crippen LogP contribution in [0.3, 0.4) is 0 Å². The first-order chi connectivity index (χ1) is 23.8. The molecule has 0 spiro atoms. The van der Waals surface area contributed by atoms with Crippen molar-refractivity contribution in [3.8, 4) is 11.1 Å². The number of carboxylic acids is 1. The number of thioether (sulfide) groups is 1. The van der Waals surface area contributed by atoms with Crippen LogP contribution in [0.25, 0.3) is 11.1 Å². The van der Waals surface area contributed by atoms with E-state index in [1.807, 2.05) is 84.9 Å². The molecule has 0 aromatic heterocycles. The van der Waals surface area contributed by atoms with Crippen molar-refractivity contribution in [1.29, 1.82) is 0 Å². The molecule has 4 N–H and O–H groups in total. The predicted molar refractivity (Wildman–Crippen MR) is 186 cm³/mol. The molecule has 4 aromatic carbocycles. The maximum atomic E-state index is 12.3. The molecule has 1 aliphatic heterocycles. The van der Waals surface area contributed by atoms with Gasteiger partial charge in [0, 0.05) is 28.7 Å². The van der Waals surface area contributed by atoms with Gasteiger partial charge in [0.15, 0.2) is 6.29 Å². The van der Waals surface area contributed by atoms with Gasteiger partial charge in [-0.3, -0.25) is 4.79 Å². The number of amides is 2. The average Bonchev–Trinajstić information content (AvgIpc) is 3.13. The van der Waals surface area contributed by atoms with Gasteiger partial charge in [-0.1, -0.05) is 91.9 Å². The summed E-state index contributed by atoms with van der Waals surface area (Å²) in [6.07, 6.45) is -1.27. The van der Waals surface area contributed by atoms with Crippen molar-refractivity contribution < 1.29 is 38.8 Å². The van der Waals surface area contributed by atoms with E-state index in [1.165, 1.54) is 11.8 Å². The lowest BCUT2D eigenvalue weighted by Gasteiger charge is -2.41. The molecular weight excluding hydrogens is 644 g/mol. The fraction of sp³-hybridized carbons (Fsp3) is 0.289. The van der Waals surface area contributed by atoms with Crippen molar-refractivity contribution in [3.63, 3.8) is 0 Å². The van der Waals surface area contributed by atoms with Crippen LogP contribution in [0.4, 0.5) is 4.79 Å². The van der Waals surface area contributed by atoms with Gasteiger partial charge in [0.25, 0.3) is 0 Å². The number of carboxylic acid groups (broad SMARTS) is 1. The number of nitrogens with one attached hydrogen (secondary N) is 2. The van der Waals surface area contributed by atoms with Crippen LogP contribution in [-0.2, 0) is 32.2 Å². The monoisotopic (exact) mass is 684 g/mol. The number of ether oxygens (including phenoxy) is 3. The third-order valence-electron chi connectivity index (χ3n) is 8.29. The van der Waals surface area contributed by atoms with Crippen molar-refractivity contribution in [2.75, 3.05) is 18.9 Å². The van der Waals surface area contributed by atoms with E-state index in [4.69, 9.17) is 14.2 Å². The second-order valence-electron chi connectivity index (χ2n) is 11.6. The first-order valence-electron chi connectivity index (χ1n) is 16.1. The molecule has 1 saturated heterocycles. The third-order valence-corrected chi connectivity index (χ3v) is 9.46. The molecule has 1 heterocycles. The van der Waals surface area contributed by atoms with E-state index in [1.54, 1.807) is 19.1 Å². The van der Waals surface area contributed by atoms with Crippen LogP contribution in [0.5, 0.6) is 0 Å². The number of hydrogen-bond donors (Lipinski definition) is 4. The molecule has 256 valence electrons. The predicted octanol–water partition coefficient (Wildman–Crippen LogP) is 6.49. The summed E-state index contributed by atoms with van der Waals surface area (Å²) in [5, 5.41) is 24.6. The van der Waals surface area contributed by atoms with Crippen LogP contribution in [0, 0.1) is 5.92 Å². The average molecular weight is 685 g/mol. The minimum absolute atomic E-state index is 0.0520. The Hall–Kier alpha value is -4.68. The Labute approximate surface area is 289 Å². The van der Waals surface area contributed by atoms with Crippen molar-refractivity contribution in [1.82, 2.24) is 10.6 Å². The lowest BCUT2D eigenvalue weighted by Crippen LogP contribution is -2.38. The SMILES string of the molecule is CCOC(=O)CNC(=O)NCc1ccccc1-c1ccc([C@H]2O[C@@H](CSc3ccccc3C(=O)O)[C@@H](C)[C@@H](c3ccc(CO)cc3)O2)cc1. The largest absolute Gasteiger partial charge is 0.478 e. The normalized spacial score (nSPS) is 18.8. The molecule has 0 bridgehead atoms. The van der Waals surface area contributed by atoms with E-state index < -0.39 is 24.3 Å². The zero-order valence-electron chi connectivity index (χ0n) is 27.3. The van der Waals surface area contributed by atoms with Gasteiger partial charge < -0.3 is 35.1 Å². The summed E-state index contributed by atoms with van der Waals surface area (Å²) in [6, 6.07) is 29.8. The molecule has 2 amide bonds. The summed E-state index contributed by atoms with van der Waals surface area (Å²) in [6.45, 7) is 4.01. The van der Waals surface area contributed by atoms with E-state index in [0.29, 0.717) is 10.6 Å². The Kier molecular flexibility index (Phi) is 12.4. The molecule has 49 heavy (non-hydrogen) atoms. The lowest BCUT2D eigenvalue weighted by molar-refractivity contribution is -0.268. The van der Waals surface area contributed by atoms with Crippen LogP contribution < -0.4 is 10.6 Å². The molecule has 11 heteroatoms. The van der Waals surface area contributed by atoms with Gasteiger partial charge in [0.2, 0.25) is 0 Å². The Balaban J connectivity index is 1.33. The van der Waals surface area contributed by atoms with E-state index >= 15 is 0 Å². The van der Waals surface area contributed by atoms with Crippen LogP contribution in [0.1, 0.15) is 58.9 Å². The molecule has 1 aliphatic rings. The van der Waals surface area contributed by atoms with Crippen LogP contribution in [0.2, 0.25) is 0 Å². The molecule has 10 nitrogen and oxygen atoms in total. The Morgan fingerprint density at radius 1 is 0.857 bits per heavy atom. The number of aromatic carboxylic acids is 1. The van der Waals surface area contributed by atoms with Gasteiger partial charge in [-0.05, 0) is 46.9 Å². The summed E-state index contributed by atoms with van der Waals surface area (Å²) in [5.74, 6) is -1.02. The molecular formula is C38H40N2O8S. The number of hydrogen-bond acceptors (Lipinski definition) is 8. The summed E-state index contributed by atoms with van der Waals surface area (Å²) < 4.78 is 18.0. The van der Waals surface area contributed by atoms with E-state index in [0.717, 1.165) is 33.4 Å². The standard InChI is InChI=1S/C38H40N2O8S/c1-3-46-34(42)21-40-38(45)39-20-29-8-4-5-9-30(29)26-16-18-28(19-17-26)37-47-32(23-49-33-11-7-6-10-31(33)36(43)44)24(2)35(48-37)27-14-12-25(22-41)13-15-27/h4-19,24,32,35,37,41H,3,20-23H2,1-2H3,(H,43,44)(H2,39,40,45)/t24-,32+,35+,37+/m1/s1. The van der Waals surface area contributed by atoms with Gasteiger partial charge in [0.05, 0.1) is 31.0 Å². The number of aliphatic hydroxyl groups excluding tert-OH is 1. The molecule has 0 saturated carbocycles. The Morgan fingerprint density at radius 2 is 1.55 bits per heavy atom. The second-order valence-corrected chi connectivity index (χ2v) is 12.6. The number of aliphatic hydroxyl groups is 1. The van der Waals surface area contributed by atoms with Gasteiger partial charge >= 0.3 is 18.0 Å². The van der Waals surface area contributed by atoms with Crippen molar-refractivity contribution in [2.45, 2.75) is 50.4 Å². The number of rotatable bonds is 13. The molecule has 0 radical (unpaired) electrons. The topological polar surface area (TPSA) is 143 Å². The number of benzene rings is 4. The summed E-state index contributed by atoms with van der Waals surface area (Å²) in [4.78, 5) is 36.3. The summed E-state index contributed by atoms with van der Waals surface area (Å²) in [7, 11) is 0. The van der Waals surface area contributed by atoms with Gasteiger partial charge in [0.1, 0.15) is 6.54 Å². The van der Waals surface area contributed by atoms with E-state index in [-0.39, 0.29) is 50.0 Å². The summed E-state index contributed by atoms with van der Waals surface area (Å²) in [5.41, 5.74) is 5.61. The fourth-order valence-corrected chi connectivity index (χ4v) is 6.84. The maximum absolute atomic E-state index is 12.3. The lowest BCUT2D eigenvalue weighted by atomic mass is 9.91. The fourth-order valence-electron chi connectivity index (χ4n) is 5.63. The minimum Gasteiger partial charge on any atom is -0.478 e. The van der Waals surface area contributed by atoms with Crippen LogP contribution >= 0.6 is 11.8 Å². The Bertz CT molecular complexity index is 1730. The van der Waals surface area contributed by atoms with Gasteiger partial charge in [-0.2, -0.15) is 0 Å². The zero-order chi connectivity index (χ0) is 34.8. The number of carbonyl (C=O) groups excluding carboxylic acids is 2. The highest BCUT2D eigenvalue weighted by Gasteiger charge is 2.38. The number of carbonyl (C=O) groups is 3. The molecule has 1 fully saturated rings. The van der Waals surface area contributed by atoms with Gasteiger partial charge in [-0.15, -0.1) is 11.8 Å². The highest BCUT2D eigenvalue weighted by molar-refractivity contribution is 7.99. The van der Waals surface area contributed by atoms with Crippen molar-refractivity contribution >= 4 is 29.7 Å². The molecule has 0 aliphatic carbocycles. The van der Waals surface area contributed by atoms with Crippen molar-refractivity contribution in [3.05, 3.63) is 125 Å². The molecule has 0 unspecified atom stereocenters. The second kappa shape index (κ2) is 17.1. The molecule has 5 rings (SSSR count). The smallest absolute Gasteiger partial charge is 0.336 e. The molecule has 4 atom stereocenters. The third kappa shape index (κ3) is 9.27. The van der Waals surface area contributed by atoms with E-state index in [2.05, 4.69) is 17.6 Å². The highest BCUT2D eigenvalue weighted by atomic mass is 32.2. The maximum Gasteiger partial charge on any atom is 0.336 e. The number of esters is 1. The zero-order valence-corrected chi connectivity index (χ0v) is 28.2. The van der Waals surface area contributed by atoms with Gasteiger partial charge in [-0.25, -0.2) is 9.59 Å². The van der Waals surface area contributed by atoms with Crippen LogP contribution in [0.15, 0.2) is 102 Å². The van der Waals surface area contributed by atoms with E-state index in [9.17, 15) is 24.6 Å². The van der Waals surface area contributed by atoms with Crippen molar-refractivity contribution in [2.24, 2.45) is 5.92 Å². The highest BCUT2D eigenvalue weighted by Crippen LogP contribution is 2.43. The molecule has 4 aromatic rings. The first-order valence-corrected chi connectivity index (χ1v) is 17.1.